The van der Waals surface area contributed by atoms with E-state index in [9.17, 15) is 8.42 Å². The van der Waals surface area contributed by atoms with Crippen LogP contribution in [0.5, 0.6) is 0 Å². The van der Waals surface area contributed by atoms with Crippen molar-refractivity contribution in [3.8, 4) is 0 Å². The highest BCUT2D eigenvalue weighted by atomic mass is 32.2. The second kappa shape index (κ2) is 5.35. The van der Waals surface area contributed by atoms with Gasteiger partial charge in [-0.1, -0.05) is 0 Å². The van der Waals surface area contributed by atoms with Crippen molar-refractivity contribution in [2.75, 3.05) is 30.0 Å². The summed E-state index contributed by atoms with van der Waals surface area (Å²) < 4.78 is 29.9. The van der Waals surface area contributed by atoms with Gasteiger partial charge in [-0.15, -0.1) is 0 Å². The molecule has 6 nitrogen and oxygen atoms in total. The number of rotatable bonds is 2. The maximum Gasteiger partial charge on any atom is 0.179 e. The molecule has 1 saturated heterocycles. The van der Waals surface area contributed by atoms with Crippen molar-refractivity contribution in [3.63, 3.8) is 0 Å². The third kappa shape index (κ3) is 2.44. The SMILES string of the molecule is Nc1cnc2ccc3c(c2c1NC1CCCOC1)CCS3(=O)=O. The van der Waals surface area contributed by atoms with E-state index in [4.69, 9.17) is 10.5 Å². The largest absolute Gasteiger partial charge is 0.396 e. The third-order valence-electron chi connectivity index (χ3n) is 4.59. The van der Waals surface area contributed by atoms with Crippen LogP contribution in [0.25, 0.3) is 10.9 Å². The van der Waals surface area contributed by atoms with Crippen LogP contribution in [-0.2, 0) is 21.0 Å². The number of nitrogens with zero attached hydrogens (tertiary/aromatic N) is 1. The number of aromatic nitrogens is 1. The van der Waals surface area contributed by atoms with Gasteiger partial charge in [-0.05, 0) is 37.0 Å². The summed E-state index contributed by atoms with van der Waals surface area (Å²) in [4.78, 5) is 4.79. The molecule has 0 amide bonds. The van der Waals surface area contributed by atoms with Crippen molar-refractivity contribution in [1.82, 2.24) is 4.98 Å². The number of nitrogen functional groups attached to an aromatic ring is 1. The molecule has 3 heterocycles. The number of anilines is 2. The highest BCUT2D eigenvalue weighted by molar-refractivity contribution is 7.91. The molecule has 1 atom stereocenters. The Balaban J connectivity index is 1.89. The monoisotopic (exact) mass is 333 g/mol. The van der Waals surface area contributed by atoms with Crippen molar-refractivity contribution in [3.05, 3.63) is 23.9 Å². The first-order valence-electron chi connectivity index (χ1n) is 7.83. The molecule has 0 spiro atoms. The van der Waals surface area contributed by atoms with Gasteiger partial charge >= 0.3 is 0 Å². The third-order valence-corrected chi connectivity index (χ3v) is 6.39. The fourth-order valence-corrected chi connectivity index (χ4v) is 5.00. The van der Waals surface area contributed by atoms with Crippen LogP contribution in [0.3, 0.4) is 0 Å². The van der Waals surface area contributed by atoms with Crippen LogP contribution < -0.4 is 11.1 Å². The smallest absolute Gasteiger partial charge is 0.179 e. The molecule has 0 aliphatic carbocycles. The predicted molar refractivity (Wildman–Crippen MR) is 89.4 cm³/mol. The van der Waals surface area contributed by atoms with Crippen LogP contribution in [0.15, 0.2) is 23.2 Å². The molecule has 2 aliphatic heterocycles. The first kappa shape index (κ1) is 14.7. The van der Waals surface area contributed by atoms with Crippen molar-refractivity contribution >= 4 is 32.1 Å². The van der Waals surface area contributed by atoms with Gasteiger partial charge in [0.05, 0.1) is 40.3 Å². The van der Waals surface area contributed by atoms with Gasteiger partial charge in [0.2, 0.25) is 0 Å². The van der Waals surface area contributed by atoms with Gasteiger partial charge in [0, 0.05) is 18.0 Å². The number of nitrogens with one attached hydrogen (secondary N) is 1. The van der Waals surface area contributed by atoms with Gasteiger partial charge in [-0.3, -0.25) is 4.98 Å². The number of benzene rings is 1. The van der Waals surface area contributed by atoms with E-state index in [1.54, 1.807) is 18.3 Å². The van der Waals surface area contributed by atoms with Gasteiger partial charge in [0.1, 0.15) is 0 Å². The van der Waals surface area contributed by atoms with Gasteiger partial charge in [-0.25, -0.2) is 8.42 Å². The van der Waals surface area contributed by atoms with Crippen LogP contribution in [0.1, 0.15) is 18.4 Å². The lowest BCUT2D eigenvalue weighted by atomic mass is 10.0. The van der Waals surface area contributed by atoms with Crippen LogP contribution in [0, 0.1) is 0 Å². The minimum absolute atomic E-state index is 0.155. The molecular formula is C16H19N3O3S. The lowest BCUT2D eigenvalue weighted by Gasteiger charge is -2.26. The Morgan fingerprint density at radius 3 is 3.00 bits per heavy atom. The summed E-state index contributed by atoms with van der Waals surface area (Å²) in [6, 6.07) is 3.61. The van der Waals surface area contributed by atoms with Crippen LogP contribution in [-0.4, -0.2) is 38.4 Å². The lowest BCUT2D eigenvalue weighted by molar-refractivity contribution is 0.0876. The van der Waals surface area contributed by atoms with E-state index in [1.807, 2.05) is 0 Å². The van der Waals surface area contributed by atoms with E-state index >= 15 is 0 Å². The van der Waals surface area contributed by atoms with E-state index in [1.165, 1.54) is 0 Å². The van der Waals surface area contributed by atoms with Gasteiger partial charge < -0.3 is 15.8 Å². The molecule has 2 aromatic rings. The summed E-state index contributed by atoms with van der Waals surface area (Å²) in [6.45, 7) is 1.43. The molecular weight excluding hydrogens is 314 g/mol. The second-order valence-corrected chi connectivity index (χ2v) is 8.23. The summed E-state index contributed by atoms with van der Waals surface area (Å²) in [5.74, 6) is 0.155. The summed E-state index contributed by atoms with van der Waals surface area (Å²) in [7, 11) is -3.18. The highest BCUT2D eigenvalue weighted by Gasteiger charge is 2.29. The van der Waals surface area contributed by atoms with E-state index in [0.717, 1.165) is 41.6 Å². The Kier molecular flexibility index (Phi) is 3.42. The number of nitrogens with two attached hydrogens (primary N) is 1. The maximum absolute atomic E-state index is 12.2. The van der Waals surface area contributed by atoms with Crippen molar-refractivity contribution in [1.29, 1.82) is 0 Å². The summed E-state index contributed by atoms with van der Waals surface area (Å²) in [5, 5.41) is 4.31. The molecule has 0 bridgehead atoms. The van der Waals surface area contributed by atoms with Crippen LogP contribution in [0.4, 0.5) is 11.4 Å². The zero-order valence-corrected chi connectivity index (χ0v) is 13.5. The van der Waals surface area contributed by atoms with E-state index in [0.29, 0.717) is 23.6 Å². The van der Waals surface area contributed by atoms with Gasteiger partial charge in [-0.2, -0.15) is 0 Å². The molecule has 2 aliphatic rings. The molecule has 1 aromatic heterocycles. The van der Waals surface area contributed by atoms with E-state index in [2.05, 4.69) is 10.3 Å². The van der Waals surface area contributed by atoms with Crippen LogP contribution >= 0.6 is 0 Å². The standard InChI is InChI=1S/C16H19N3O3S/c17-12-8-18-13-3-4-14-11(5-7-23(14,20)21)15(13)16(12)19-10-2-1-6-22-9-10/h3-4,8,10H,1-2,5-7,9,17H2,(H,18,19). The summed E-state index contributed by atoms with van der Waals surface area (Å²) in [6.07, 6.45) is 4.16. The van der Waals surface area contributed by atoms with Crippen molar-refractivity contribution in [2.45, 2.75) is 30.2 Å². The molecule has 0 saturated carbocycles. The topological polar surface area (TPSA) is 94.3 Å². The number of fused-ring (bicyclic) bond motifs is 3. The first-order chi connectivity index (χ1) is 11.1. The Morgan fingerprint density at radius 1 is 1.35 bits per heavy atom. The highest BCUT2D eigenvalue weighted by Crippen LogP contribution is 2.38. The van der Waals surface area contributed by atoms with Crippen molar-refractivity contribution in [2.24, 2.45) is 0 Å². The normalized spacial score (nSPS) is 22.9. The number of aryl methyl sites for hydroxylation is 1. The maximum atomic E-state index is 12.2. The Hall–Kier alpha value is -1.86. The quantitative estimate of drug-likeness (QED) is 0.869. The Morgan fingerprint density at radius 2 is 2.22 bits per heavy atom. The van der Waals surface area contributed by atoms with E-state index < -0.39 is 9.84 Å². The molecule has 1 fully saturated rings. The molecule has 1 unspecified atom stereocenters. The average Bonchev–Trinajstić information content (AvgIpc) is 2.86. The zero-order valence-electron chi connectivity index (χ0n) is 12.7. The fraction of sp³-hybridized carbons (Fsp3) is 0.438. The minimum atomic E-state index is -3.18. The van der Waals surface area contributed by atoms with Gasteiger partial charge in [0.15, 0.2) is 9.84 Å². The number of pyridine rings is 1. The van der Waals surface area contributed by atoms with Crippen molar-refractivity contribution < 1.29 is 13.2 Å². The van der Waals surface area contributed by atoms with Gasteiger partial charge in [0.25, 0.3) is 0 Å². The molecule has 1 aromatic carbocycles. The number of sulfone groups is 1. The molecule has 23 heavy (non-hydrogen) atoms. The lowest BCUT2D eigenvalue weighted by Crippen LogP contribution is -2.30. The molecule has 3 N–H and O–H groups in total. The fourth-order valence-electron chi connectivity index (χ4n) is 3.45. The zero-order chi connectivity index (χ0) is 16.0. The summed E-state index contributed by atoms with van der Waals surface area (Å²) in [5.41, 5.74) is 9.09. The second-order valence-electron chi connectivity index (χ2n) is 6.15. The summed E-state index contributed by atoms with van der Waals surface area (Å²) >= 11 is 0. The Labute approximate surface area is 135 Å². The number of hydrogen-bond acceptors (Lipinski definition) is 6. The minimum Gasteiger partial charge on any atom is -0.396 e. The Bertz CT molecular complexity index is 874. The van der Waals surface area contributed by atoms with E-state index in [-0.39, 0.29) is 11.8 Å². The molecule has 4 rings (SSSR count). The number of hydrogen-bond donors (Lipinski definition) is 2. The number of ether oxygens (including phenoxy) is 1. The van der Waals surface area contributed by atoms with Crippen LogP contribution in [0.2, 0.25) is 0 Å². The molecule has 122 valence electrons. The predicted octanol–water partition coefficient (Wildman–Crippen LogP) is 1.74. The molecule has 0 radical (unpaired) electrons. The average molecular weight is 333 g/mol. The first-order valence-corrected chi connectivity index (χ1v) is 9.48. The molecule has 7 heteroatoms.